The number of nitrogens with one attached hydrogen (secondary N) is 1. The predicted molar refractivity (Wildman–Crippen MR) is 41.2 cm³/mol. The average molecular weight is 170 g/mol. The Balaban J connectivity index is 2.40. The number of imidazole rings is 1. The number of H-pyrrole nitrogens is 1. The smallest absolute Gasteiger partial charge is 0.328 e. The Morgan fingerprint density at radius 3 is 3.18 bits per heavy atom. The van der Waals surface area contributed by atoms with Crippen molar-refractivity contribution in [3.8, 4) is 0 Å². The fourth-order valence-electron chi connectivity index (χ4n) is 0.473. The number of nitrogens with zero attached hydrogens (tertiary/aromatic N) is 1. The van der Waals surface area contributed by atoms with Gasteiger partial charge >= 0.3 is 5.97 Å². The lowest BCUT2D eigenvalue weighted by atomic mass is 10.7. The lowest BCUT2D eigenvalue weighted by molar-refractivity contribution is -0.131. The Bertz CT molecular complexity index is 256. The quantitative estimate of drug-likeness (QED) is 0.526. The van der Waals surface area contributed by atoms with E-state index in [1.807, 2.05) is 0 Å². The zero-order chi connectivity index (χ0) is 8.10. The number of hydrogen-bond donors (Lipinski definition) is 2. The maximum Gasteiger partial charge on any atom is 0.328 e. The predicted octanol–water partition coefficient (Wildman–Crippen LogP) is 1.10. The molecule has 0 saturated carbocycles. The lowest BCUT2D eigenvalue weighted by Crippen LogP contribution is -1.84. The van der Waals surface area contributed by atoms with Crippen LogP contribution in [-0.4, -0.2) is 21.0 Å². The van der Waals surface area contributed by atoms with E-state index in [2.05, 4.69) is 9.97 Å². The van der Waals surface area contributed by atoms with Gasteiger partial charge in [-0.2, -0.15) is 0 Å². The van der Waals surface area contributed by atoms with Crippen LogP contribution in [0.5, 0.6) is 0 Å². The van der Waals surface area contributed by atoms with Crippen LogP contribution in [0.25, 0.3) is 0 Å². The van der Waals surface area contributed by atoms with E-state index in [1.165, 1.54) is 23.5 Å². The molecule has 0 bridgehead atoms. The first kappa shape index (κ1) is 7.87. The number of carboxylic acid groups (broad SMARTS) is 1. The van der Waals surface area contributed by atoms with Crippen LogP contribution in [0, 0.1) is 0 Å². The zero-order valence-electron chi connectivity index (χ0n) is 5.52. The van der Waals surface area contributed by atoms with E-state index in [-0.39, 0.29) is 0 Å². The zero-order valence-corrected chi connectivity index (χ0v) is 6.34. The normalized spacial score (nSPS) is 10.5. The maximum absolute atomic E-state index is 10.0. The summed E-state index contributed by atoms with van der Waals surface area (Å²) >= 11 is 1.28. The topological polar surface area (TPSA) is 66.0 Å². The van der Waals surface area contributed by atoms with Crippen LogP contribution in [0.3, 0.4) is 0 Å². The molecule has 0 aromatic carbocycles. The first-order valence-corrected chi connectivity index (χ1v) is 3.71. The second-order valence-corrected chi connectivity index (χ2v) is 2.62. The third-order valence-electron chi connectivity index (χ3n) is 0.879. The summed E-state index contributed by atoms with van der Waals surface area (Å²) in [4.78, 5) is 16.6. The van der Waals surface area contributed by atoms with Crippen LogP contribution >= 0.6 is 11.8 Å². The minimum atomic E-state index is -0.947. The molecule has 0 aliphatic carbocycles. The molecule has 0 amide bonds. The van der Waals surface area contributed by atoms with Gasteiger partial charge in [0.2, 0.25) is 0 Å². The summed E-state index contributed by atoms with van der Waals surface area (Å²) in [5.41, 5.74) is 0. The van der Waals surface area contributed by atoms with Gasteiger partial charge in [-0.05, 0) is 5.41 Å². The average Bonchev–Trinajstić information content (AvgIpc) is 2.39. The van der Waals surface area contributed by atoms with Gasteiger partial charge in [0.15, 0.2) is 0 Å². The van der Waals surface area contributed by atoms with E-state index in [0.29, 0.717) is 0 Å². The molecule has 1 aromatic rings. The molecule has 11 heavy (non-hydrogen) atoms. The molecule has 0 unspecified atom stereocenters. The number of aliphatic carboxylic acids is 1. The van der Waals surface area contributed by atoms with Gasteiger partial charge < -0.3 is 10.1 Å². The van der Waals surface area contributed by atoms with Crippen molar-refractivity contribution in [1.29, 1.82) is 0 Å². The Labute approximate surface area is 67.3 Å². The van der Waals surface area contributed by atoms with Crippen molar-refractivity contribution in [2.45, 2.75) is 5.03 Å². The Kier molecular flexibility index (Phi) is 2.74. The van der Waals surface area contributed by atoms with Crippen molar-refractivity contribution >= 4 is 17.7 Å². The highest BCUT2D eigenvalue weighted by molar-refractivity contribution is 8.02. The van der Waals surface area contributed by atoms with Crippen molar-refractivity contribution in [2.75, 3.05) is 0 Å². The van der Waals surface area contributed by atoms with Gasteiger partial charge in [-0.25, -0.2) is 9.78 Å². The van der Waals surface area contributed by atoms with E-state index in [0.717, 1.165) is 11.1 Å². The fraction of sp³-hybridized carbons (Fsp3) is 0. The Hall–Kier alpha value is -1.23. The minimum Gasteiger partial charge on any atom is -0.478 e. The summed E-state index contributed by atoms with van der Waals surface area (Å²) in [7, 11) is 0. The van der Waals surface area contributed by atoms with Gasteiger partial charge in [-0.3, -0.25) is 0 Å². The lowest BCUT2D eigenvalue weighted by Gasteiger charge is -1.84. The first-order valence-electron chi connectivity index (χ1n) is 2.83. The molecule has 0 aliphatic heterocycles. The molecule has 4 nitrogen and oxygen atoms in total. The van der Waals surface area contributed by atoms with Gasteiger partial charge in [0.1, 0.15) is 0 Å². The number of carboxylic acids is 1. The van der Waals surface area contributed by atoms with Gasteiger partial charge in [-0.1, -0.05) is 11.8 Å². The van der Waals surface area contributed by atoms with Crippen LogP contribution in [0.15, 0.2) is 29.0 Å². The molecule has 0 saturated heterocycles. The molecule has 2 N–H and O–H groups in total. The highest BCUT2D eigenvalue weighted by atomic mass is 32.2. The SMILES string of the molecule is O=C(O)C=CSc1cnc[nH]1. The summed E-state index contributed by atoms with van der Waals surface area (Å²) in [6.07, 6.45) is 4.24. The van der Waals surface area contributed by atoms with E-state index in [1.54, 1.807) is 6.20 Å². The van der Waals surface area contributed by atoms with Gasteiger partial charge in [0.25, 0.3) is 0 Å². The van der Waals surface area contributed by atoms with Crippen molar-refractivity contribution in [2.24, 2.45) is 0 Å². The number of thioether (sulfide) groups is 1. The van der Waals surface area contributed by atoms with Gasteiger partial charge in [0.05, 0.1) is 17.6 Å². The van der Waals surface area contributed by atoms with Crippen LogP contribution in [0.4, 0.5) is 0 Å². The van der Waals surface area contributed by atoms with Crippen LogP contribution in [-0.2, 0) is 4.79 Å². The monoisotopic (exact) mass is 170 g/mol. The molecule has 0 fully saturated rings. The molecular formula is C6H6N2O2S. The largest absolute Gasteiger partial charge is 0.478 e. The third-order valence-corrected chi connectivity index (χ3v) is 1.63. The van der Waals surface area contributed by atoms with Gasteiger partial charge in [0, 0.05) is 6.08 Å². The number of carbonyl (C=O) groups is 1. The molecule has 5 heteroatoms. The third kappa shape index (κ3) is 2.90. The molecule has 1 aromatic heterocycles. The van der Waals surface area contributed by atoms with Crippen molar-refractivity contribution < 1.29 is 9.90 Å². The molecule has 0 atom stereocenters. The second kappa shape index (κ2) is 3.82. The second-order valence-electron chi connectivity index (χ2n) is 1.67. The van der Waals surface area contributed by atoms with E-state index in [9.17, 15) is 4.79 Å². The summed E-state index contributed by atoms with van der Waals surface area (Å²) < 4.78 is 0. The molecule has 58 valence electrons. The molecule has 0 radical (unpaired) electrons. The van der Waals surface area contributed by atoms with Crippen molar-refractivity contribution in [3.05, 3.63) is 24.0 Å². The molecule has 1 rings (SSSR count). The summed E-state index contributed by atoms with van der Waals surface area (Å²) in [6.45, 7) is 0. The van der Waals surface area contributed by atoms with Crippen LogP contribution in [0.1, 0.15) is 0 Å². The standard InChI is InChI=1S/C6H6N2O2S/c9-6(10)1-2-11-5-3-7-4-8-5/h1-4H,(H,7,8)(H,9,10). The van der Waals surface area contributed by atoms with Crippen molar-refractivity contribution in [1.82, 2.24) is 9.97 Å². The van der Waals surface area contributed by atoms with E-state index < -0.39 is 5.97 Å². The summed E-state index contributed by atoms with van der Waals surface area (Å²) in [6, 6.07) is 0. The summed E-state index contributed by atoms with van der Waals surface area (Å²) in [5, 5.41) is 10.5. The Morgan fingerprint density at radius 2 is 2.64 bits per heavy atom. The summed E-state index contributed by atoms with van der Waals surface area (Å²) in [5.74, 6) is -0.947. The fourth-order valence-corrected chi connectivity index (χ4v) is 1.05. The molecule has 1 heterocycles. The minimum absolute atomic E-state index is 0.822. The van der Waals surface area contributed by atoms with Crippen LogP contribution in [0.2, 0.25) is 0 Å². The molecule has 0 aliphatic rings. The molecule has 0 spiro atoms. The number of aromatic nitrogens is 2. The molecular weight excluding hydrogens is 164 g/mol. The van der Waals surface area contributed by atoms with Crippen molar-refractivity contribution in [3.63, 3.8) is 0 Å². The van der Waals surface area contributed by atoms with Crippen LogP contribution < -0.4 is 0 Å². The highest BCUT2D eigenvalue weighted by Crippen LogP contribution is 2.13. The van der Waals surface area contributed by atoms with E-state index in [4.69, 9.17) is 5.11 Å². The number of aromatic amines is 1. The number of rotatable bonds is 3. The maximum atomic E-state index is 10.0. The first-order chi connectivity index (χ1) is 5.29. The number of hydrogen-bond acceptors (Lipinski definition) is 3. The highest BCUT2D eigenvalue weighted by Gasteiger charge is 1.90. The van der Waals surface area contributed by atoms with E-state index >= 15 is 0 Å². The van der Waals surface area contributed by atoms with Gasteiger partial charge in [-0.15, -0.1) is 0 Å². The Morgan fingerprint density at radius 1 is 1.82 bits per heavy atom.